The van der Waals surface area contributed by atoms with Crippen LogP contribution in [0.1, 0.15) is 48.2 Å². The van der Waals surface area contributed by atoms with E-state index in [1.165, 1.54) is 6.20 Å². The van der Waals surface area contributed by atoms with Crippen LogP contribution in [-0.4, -0.2) is 64.0 Å². The molecule has 2 atom stereocenters. The van der Waals surface area contributed by atoms with E-state index in [1.54, 1.807) is 12.1 Å². The average Bonchev–Trinajstić information content (AvgIpc) is 2.69. The number of fused-ring (bicyclic) bond motifs is 1. The van der Waals surface area contributed by atoms with E-state index in [1.807, 2.05) is 15.9 Å². The first-order valence-corrected chi connectivity index (χ1v) is 9.19. The number of hydrogen-bond donors (Lipinski definition) is 1. The number of carbonyl (C=O) groups is 2. The number of piperidine rings is 2. The molecule has 138 valence electrons. The molecule has 0 unspecified atom stereocenters. The number of hydrogen-bond acceptors (Lipinski definition) is 5. The molecule has 0 saturated carbocycles. The SMILES string of the molecule is N#Cc1ccc(C(=O)N2CC[C@@H]3[C@@H](CCC(=O)N3CCCCO)C2)cn1. The van der Waals surface area contributed by atoms with Crippen molar-refractivity contribution < 1.29 is 14.7 Å². The highest BCUT2D eigenvalue weighted by Gasteiger charge is 2.40. The Morgan fingerprint density at radius 1 is 1.35 bits per heavy atom. The Bertz CT molecular complexity index is 698. The van der Waals surface area contributed by atoms with Crippen LogP contribution in [0.2, 0.25) is 0 Å². The van der Waals surface area contributed by atoms with E-state index in [0.29, 0.717) is 49.7 Å². The van der Waals surface area contributed by atoms with Crippen molar-refractivity contribution in [2.75, 3.05) is 26.2 Å². The minimum absolute atomic E-state index is 0.0656. The van der Waals surface area contributed by atoms with E-state index in [2.05, 4.69) is 4.98 Å². The molecule has 3 heterocycles. The molecular formula is C19H24N4O3. The molecule has 2 saturated heterocycles. The summed E-state index contributed by atoms with van der Waals surface area (Å²) in [5, 5.41) is 17.8. The lowest BCUT2D eigenvalue weighted by molar-refractivity contribution is -0.140. The van der Waals surface area contributed by atoms with Gasteiger partial charge in [0.05, 0.1) is 5.56 Å². The van der Waals surface area contributed by atoms with Crippen LogP contribution in [0.4, 0.5) is 0 Å². The molecule has 2 aliphatic heterocycles. The van der Waals surface area contributed by atoms with Crippen LogP contribution in [0, 0.1) is 17.2 Å². The predicted molar refractivity (Wildman–Crippen MR) is 94.0 cm³/mol. The molecule has 1 aromatic heterocycles. The van der Waals surface area contributed by atoms with Crippen LogP contribution in [-0.2, 0) is 4.79 Å². The average molecular weight is 356 g/mol. The number of rotatable bonds is 5. The molecule has 2 fully saturated rings. The quantitative estimate of drug-likeness (QED) is 0.799. The summed E-state index contributed by atoms with van der Waals surface area (Å²) in [6.45, 7) is 2.10. The predicted octanol–water partition coefficient (Wildman–Crippen LogP) is 1.18. The van der Waals surface area contributed by atoms with E-state index >= 15 is 0 Å². The Kier molecular flexibility index (Phi) is 5.84. The van der Waals surface area contributed by atoms with Crippen molar-refractivity contribution in [1.82, 2.24) is 14.8 Å². The third kappa shape index (κ3) is 3.86. The highest BCUT2D eigenvalue weighted by atomic mass is 16.3. The molecule has 0 aliphatic carbocycles. The van der Waals surface area contributed by atoms with Crippen LogP contribution in [0.25, 0.3) is 0 Å². The second-order valence-electron chi connectivity index (χ2n) is 6.97. The first-order chi connectivity index (χ1) is 12.6. The maximum Gasteiger partial charge on any atom is 0.255 e. The molecule has 26 heavy (non-hydrogen) atoms. The maximum atomic E-state index is 12.7. The number of nitrogens with zero attached hydrogens (tertiary/aromatic N) is 4. The summed E-state index contributed by atoms with van der Waals surface area (Å²) in [5.41, 5.74) is 0.790. The van der Waals surface area contributed by atoms with Crippen molar-refractivity contribution >= 4 is 11.8 Å². The zero-order valence-corrected chi connectivity index (χ0v) is 14.8. The van der Waals surface area contributed by atoms with Gasteiger partial charge in [0.2, 0.25) is 5.91 Å². The summed E-state index contributed by atoms with van der Waals surface area (Å²) in [7, 11) is 0. The molecule has 0 spiro atoms. The first kappa shape index (κ1) is 18.3. The topological polar surface area (TPSA) is 97.5 Å². The van der Waals surface area contributed by atoms with Gasteiger partial charge in [-0.15, -0.1) is 0 Å². The van der Waals surface area contributed by atoms with Gasteiger partial charge in [0.15, 0.2) is 0 Å². The number of amides is 2. The van der Waals surface area contributed by atoms with Gasteiger partial charge in [-0.05, 0) is 43.7 Å². The van der Waals surface area contributed by atoms with Gasteiger partial charge in [0.25, 0.3) is 5.91 Å². The number of likely N-dealkylation sites (tertiary alicyclic amines) is 2. The van der Waals surface area contributed by atoms with E-state index in [4.69, 9.17) is 10.4 Å². The Morgan fingerprint density at radius 3 is 2.88 bits per heavy atom. The van der Waals surface area contributed by atoms with Gasteiger partial charge < -0.3 is 14.9 Å². The van der Waals surface area contributed by atoms with Crippen molar-refractivity contribution in [3.05, 3.63) is 29.6 Å². The fourth-order valence-electron chi connectivity index (χ4n) is 3.99. The molecule has 0 radical (unpaired) electrons. The van der Waals surface area contributed by atoms with Crippen molar-refractivity contribution in [1.29, 1.82) is 5.26 Å². The number of aliphatic hydroxyl groups is 1. The summed E-state index contributed by atoms with van der Waals surface area (Å²) in [6, 6.07) is 5.35. The number of aromatic nitrogens is 1. The third-order valence-corrected chi connectivity index (χ3v) is 5.36. The van der Waals surface area contributed by atoms with Crippen LogP contribution < -0.4 is 0 Å². The van der Waals surface area contributed by atoms with E-state index in [9.17, 15) is 9.59 Å². The molecule has 2 aliphatic rings. The lowest BCUT2D eigenvalue weighted by atomic mass is 9.83. The van der Waals surface area contributed by atoms with Gasteiger partial charge in [0, 0.05) is 44.9 Å². The van der Waals surface area contributed by atoms with Crippen molar-refractivity contribution in [2.24, 2.45) is 5.92 Å². The van der Waals surface area contributed by atoms with Crippen LogP contribution >= 0.6 is 0 Å². The van der Waals surface area contributed by atoms with Gasteiger partial charge in [0.1, 0.15) is 11.8 Å². The summed E-state index contributed by atoms with van der Waals surface area (Å²) in [4.78, 5) is 32.8. The Morgan fingerprint density at radius 2 is 2.19 bits per heavy atom. The minimum Gasteiger partial charge on any atom is -0.396 e. The van der Waals surface area contributed by atoms with Crippen molar-refractivity contribution in [2.45, 2.75) is 38.1 Å². The first-order valence-electron chi connectivity index (χ1n) is 9.19. The molecule has 7 nitrogen and oxygen atoms in total. The highest BCUT2D eigenvalue weighted by Crippen LogP contribution is 2.32. The largest absolute Gasteiger partial charge is 0.396 e. The standard InChI is InChI=1S/C19H24N4O3/c20-11-16-5-3-14(12-21-16)19(26)22-9-7-17-15(13-22)4-6-18(25)23(17)8-1-2-10-24/h3,5,12,15,17,24H,1-2,4,6-10,13H2/t15-,17+/m0/s1. The highest BCUT2D eigenvalue weighted by molar-refractivity contribution is 5.94. The van der Waals surface area contributed by atoms with Crippen molar-refractivity contribution in [3.8, 4) is 6.07 Å². The summed E-state index contributed by atoms with van der Waals surface area (Å²) >= 11 is 0. The maximum absolute atomic E-state index is 12.7. The fraction of sp³-hybridized carbons (Fsp3) is 0.579. The summed E-state index contributed by atoms with van der Waals surface area (Å²) in [6.07, 6.45) is 5.10. The molecule has 1 aromatic rings. The van der Waals surface area contributed by atoms with Crippen LogP contribution in [0.5, 0.6) is 0 Å². The second kappa shape index (κ2) is 8.28. The number of carbonyl (C=O) groups excluding carboxylic acids is 2. The molecule has 2 amide bonds. The van der Waals surface area contributed by atoms with E-state index in [-0.39, 0.29) is 24.5 Å². The Labute approximate surface area is 153 Å². The zero-order chi connectivity index (χ0) is 18.5. The van der Waals surface area contributed by atoms with Gasteiger partial charge >= 0.3 is 0 Å². The smallest absolute Gasteiger partial charge is 0.255 e. The van der Waals surface area contributed by atoms with Gasteiger partial charge in [-0.3, -0.25) is 9.59 Å². The normalized spacial score (nSPS) is 22.7. The van der Waals surface area contributed by atoms with Crippen LogP contribution in [0.3, 0.4) is 0 Å². The number of unbranched alkanes of at least 4 members (excludes halogenated alkanes) is 1. The Balaban J connectivity index is 1.64. The molecular weight excluding hydrogens is 332 g/mol. The summed E-state index contributed by atoms with van der Waals surface area (Å²) in [5.74, 6) is 0.426. The monoisotopic (exact) mass is 356 g/mol. The molecule has 0 bridgehead atoms. The summed E-state index contributed by atoms with van der Waals surface area (Å²) < 4.78 is 0. The van der Waals surface area contributed by atoms with Gasteiger partial charge in [-0.2, -0.15) is 5.26 Å². The number of pyridine rings is 1. The number of nitriles is 1. The second-order valence-corrected chi connectivity index (χ2v) is 6.97. The fourth-order valence-corrected chi connectivity index (χ4v) is 3.99. The lowest BCUT2D eigenvalue weighted by Gasteiger charge is -2.47. The van der Waals surface area contributed by atoms with Crippen molar-refractivity contribution in [3.63, 3.8) is 0 Å². The molecule has 0 aromatic carbocycles. The zero-order valence-electron chi connectivity index (χ0n) is 14.8. The van der Waals surface area contributed by atoms with E-state index in [0.717, 1.165) is 19.3 Å². The van der Waals surface area contributed by atoms with E-state index < -0.39 is 0 Å². The molecule has 3 rings (SSSR count). The molecule has 7 heteroatoms. The van der Waals surface area contributed by atoms with Crippen LogP contribution in [0.15, 0.2) is 18.3 Å². The van der Waals surface area contributed by atoms with Gasteiger partial charge in [-0.25, -0.2) is 4.98 Å². The molecule has 1 N–H and O–H groups in total. The van der Waals surface area contributed by atoms with Gasteiger partial charge in [-0.1, -0.05) is 0 Å². The minimum atomic E-state index is -0.0656. The number of aliphatic hydroxyl groups excluding tert-OH is 1. The Hall–Kier alpha value is -2.46. The third-order valence-electron chi connectivity index (χ3n) is 5.36. The lowest BCUT2D eigenvalue weighted by Crippen LogP contribution is -2.57.